The molecule has 2 aromatic heterocycles. The first-order valence-electron chi connectivity index (χ1n) is 8.26. The van der Waals surface area contributed by atoms with Crippen molar-refractivity contribution in [3.8, 4) is 0 Å². The largest absolute Gasteiger partial charge is 0.464 e. The van der Waals surface area contributed by atoms with Crippen LogP contribution in [0.4, 0.5) is 0 Å². The predicted molar refractivity (Wildman–Crippen MR) is 87.6 cm³/mol. The van der Waals surface area contributed by atoms with Crippen LogP contribution in [0.3, 0.4) is 0 Å². The molecule has 4 heterocycles. The van der Waals surface area contributed by atoms with E-state index in [0.717, 1.165) is 5.69 Å². The zero-order valence-corrected chi connectivity index (χ0v) is 14.5. The van der Waals surface area contributed by atoms with E-state index in [2.05, 4.69) is 15.3 Å². The van der Waals surface area contributed by atoms with Gasteiger partial charge < -0.3 is 14.5 Å². The lowest BCUT2D eigenvalue weighted by Crippen LogP contribution is -2.37. The van der Waals surface area contributed by atoms with Gasteiger partial charge in [-0.1, -0.05) is 0 Å². The lowest BCUT2D eigenvalue weighted by molar-refractivity contribution is 0.0586. The molecule has 2 aliphatic heterocycles. The van der Waals surface area contributed by atoms with Gasteiger partial charge in [0.1, 0.15) is 5.69 Å². The van der Waals surface area contributed by atoms with Gasteiger partial charge in [-0.15, -0.1) is 0 Å². The Morgan fingerprint density at radius 3 is 2.85 bits per heavy atom. The van der Waals surface area contributed by atoms with Gasteiger partial charge >= 0.3 is 5.97 Å². The normalized spacial score (nSPS) is 16.3. The number of ether oxygens (including phenoxy) is 1. The quantitative estimate of drug-likeness (QED) is 0.736. The molecule has 26 heavy (non-hydrogen) atoms. The van der Waals surface area contributed by atoms with Crippen LogP contribution in [0.15, 0.2) is 6.07 Å². The highest BCUT2D eigenvalue weighted by atomic mass is 16.5. The van der Waals surface area contributed by atoms with Gasteiger partial charge in [-0.2, -0.15) is 10.2 Å². The number of likely N-dealkylation sites (N-methyl/N-ethyl adjacent to an activating group) is 1. The SMILES string of the molecule is COC(=O)c1n[nH]c2c1CN(C(=O)c1cc3n(n1)CCN(C)C3=O)CC2. The molecule has 10 heteroatoms. The third kappa shape index (κ3) is 2.45. The van der Waals surface area contributed by atoms with Crippen LogP contribution in [-0.2, 0) is 24.2 Å². The molecule has 4 rings (SSSR count). The van der Waals surface area contributed by atoms with Crippen molar-refractivity contribution in [2.75, 3.05) is 27.2 Å². The van der Waals surface area contributed by atoms with Crippen molar-refractivity contribution in [2.45, 2.75) is 19.5 Å². The molecule has 0 aliphatic carbocycles. The van der Waals surface area contributed by atoms with E-state index in [4.69, 9.17) is 4.74 Å². The molecule has 10 nitrogen and oxygen atoms in total. The van der Waals surface area contributed by atoms with Crippen LogP contribution in [0.5, 0.6) is 0 Å². The fourth-order valence-corrected chi connectivity index (χ4v) is 3.30. The summed E-state index contributed by atoms with van der Waals surface area (Å²) in [4.78, 5) is 40.1. The molecule has 0 atom stereocenters. The van der Waals surface area contributed by atoms with E-state index in [1.165, 1.54) is 13.2 Å². The molecule has 2 aliphatic rings. The number of carbonyl (C=O) groups is 3. The van der Waals surface area contributed by atoms with E-state index in [1.807, 2.05) is 0 Å². The van der Waals surface area contributed by atoms with Gasteiger partial charge in [-0.3, -0.25) is 19.4 Å². The number of amides is 2. The van der Waals surface area contributed by atoms with E-state index in [1.54, 1.807) is 21.5 Å². The average molecular weight is 358 g/mol. The molecule has 0 radical (unpaired) electrons. The van der Waals surface area contributed by atoms with E-state index >= 15 is 0 Å². The summed E-state index contributed by atoms with van der Waals surface area (Å²) in [5.74, 6) is -0.959. The highest BCUT2D eigenvalue weighted by molar-refractivity contribution is 5.98. The molecular formula is C16H18N6O4. The second kappa shape index (κ2) is 5.97. The van der Waals surface area contributed by atoms with Crippen molar-refractivity contribution in [1.82, 2.24) is 29.8 Å². The van der Waals surface area contributed by atoms with E-state index in [9.17, 15) is 14.4 Å². The summed E-state index contributed by atoms with van der Waals surface area (Å²) < 4.78 is 6.31. The van der Waals surface area contributed by atoms with Crippen molar-refractivity contribution in [3.05, 3.63) is 34.4 Å². The number of fused-ring (bicyclic) bond motifs is 2. The minimum Gasteiger partial charge on any atom is -0.464 e. The molecule has 136 valence electrons. The van der Waals surface area contributed by atoms with E-state index in [0.29, 0.717) is 37.3 Å². The van der Waals surface area contributed by atoms with Crippen LogP contribution >= 0.6 is 0 Å². The standard InChI is InChI=1S/C16H18N6O4/c1-20-5-6-22-12(15(20)24)7-11(19-22)14(23)21-4-3-10-9(8-21)13(18-17-10)16(25)26-2/h7H,3-6,8H2,1-2H3,(H,17,18). The van der Waals surface area contributed by atoms with E-state index < -0.39 is 5.97 Å². The predicted octanol–water partition coefficient (Wildman–Crippen LogP) is -0.323. The van der Waals surface area contributed by atoms with Gasteiger partial charge in [0.05, 0.1) is 20.2 Å². The Morgan fingerprint density at radius 1 is 1.27 bits per heavy atom. The Labute approximate surface area is 148 Å². The third-order valence-corrected chi connectivity index (χ3v) is 4.81. The fraction of sp³-hybridized carbons (Fsp3) is 0.438. The van der Waals surface area contributed by atoms with Gasteiger partial charge in [0.15, 0.2) is 11.4 Å². The molecule has 0 saturated heterocycles. The monoisotopic (exact) mass is 358 g/mol. The molecule has 0 unspecified atom stereocenters. The zero-order valence-electron chi connectivity index (χ0n) is 14.5. The van der Waals surface area contributed by atoms with Crippen molar-refractivity contribution >= 4 is 17.8 Å². The number of H-pyrrole nitrogens is 1. The molecule has 0 bridgehead atoms. The average Bonchev–Trinajstić information content (AvgIpc) is 3.27. The number of rotatable bonds is 2. The number of esters is 1. The zero-order chi connectivity index (χ0) is 18.4. The van der Waals surface area contributed by atoms with Gasteiger partial charge in [0, 0.05) is 43.9 Å². The van der Waals surface area contributed by atoms with Crippen molar-refractivity contribution in [3.63, 3.8) is 0 Å². The number of methoxy groups -OCH3 is 1. The Kier molecular flexibility index (Phi) is 3.74. The number of nitrogens with one attached hydrogen (secondary N) is 1. The van der Waals surface area contributed by atoms with Crippen LogP contribution in [0.1, 0.15) is 42.7 Å². The molecule has 0 aromatic carbocycles. The second-order valence-corrected chi connectivity index (χ2v) is 6.36. The van der Waals surface area contributed by atoms with Crippen molar-refractivity contribution in [1.29, 1.82) is 0 Å². The molecule has 0 fully saturated rings. The number of hydrogen-bond acceptors (Lipinski definition) is 6. The summed E-state index contributed by atoms with van der Waals surface area (Å²) >= 11 is 0. The topological polar surface area (TPSA) is 113 Å². The number of hydrogen-bond donors (Lipinski definition) is 1. The number of aromatic amines is 1. The highest BCUT2D eigenvalue weighted by Crippen LogP contribution is 2.23. The minimum atomic E-state index is -0.539. The van der Waals surface area contributed by atoms with Gasteiger partial charge in [0.2, 0.25) is 0 Å². The second-order valence-electron chi connectivity index (χ2n) is 6.36. The third-order valence-electron chi connectivity index (χ3n) is 4.81. The summed E-state index contributed by atoms with van der Waals surface area (Å²) in [6, 6.07) is 1.53. The van der Waals surface area contributed by atoms with Gasteiger partial charge in [-0.25, -0.2) is 4.79 Å². The summed E-state index contributed by atoms with van der Waals surface area (Å²) in [5.41, 5.74) is 2.33. The van der Waals surface area contributed by atoms with Crippen LogP contribution in [0, 0.1) is 0 Å². The molecule has 1 N–H and O–H groups in total. The van der Waals surface area contributed by atoms with Crippen LogP contribution in [0.2, 0.25) is 0 Å². The van der Waals surface area contributed by atoms with Crippen LogP contribution in [-0.4, -0.2) is 74.8 Å². The summed E-state index contributed by atoms with van der Waals surface area (Å²) in [5, 5.41) is 11.1. The van der Waals surface area contributed by atoms with Gasteiger partial charge in [0.25, 0.3) is 11.8 Å². The lowest BCUT2D eigenvalue weighted by atomic mass is 10.0. The smallest absolute Gasteiger partial charge is 0.358 e. The van der Waals surface area contributed by atoms with Crippen molar-refractivity contribution < 1.29 is 19.1 Å². The first-order chi connectivity index (χ1) is 12.5. The van der Waals surface area contributed by atoms with Crippen molar-refractivity contribution in [2.24, 2.45) is 0 Å². The number of carbonyl (C=O) groups excluding carboxylic acids is 3. The number of nitrogens with zero attached hydrogens (tertiary/aromatic N) is 5. The van der Waals surface area contributed by atoms with Crippen LogP contribution < -0.4 is 0 Å². The fourth-order valence-electron chi connectivity index (χ4n) is 3.30. The minimum absolute atomic E-state index is 0.147. The Hall–Kier alpha value is -3.17. The summed E-state index contributed by atoms with van der Waals surface area (Å²) in [7, 11) is 3.01. The van der Waals surface area contributed by atoms with Gasteiger partial charge in [-0.05, 0) is 0 Å². The molecule has 2 amide bonds. The lowest BCUT2D eigenvalue weighted by Gasteiger charge is -2.26. The maximum atomic E-state index is 12.9. The van der Waals surface area contributed by atoms with Crippen LogP contribution in [0.25, 0.3) is 0 Å². The molecule has 0 saturated carbocycles. The molecular weight excluding hydrogens is 340 g/mol. The maximum Gasteiger partial charge on any atom is 0.358 e. The number of aromatic nitrogens is 4. The Morgan fingerprint density at radius 2 is 2.08 bits per heavy atom. The van der Waals surface area contributed by atoms with E-state index in [-0.39, 0.29) is 29.7 Å². The summed E-state index contributed by atoms with van der Waals surface area (Å²) in [6.07, 6.45) is 0.556. The Bertz CT molecular complexity index is 914. The summed E-state index contributed by atoms with van der Waals surface area (Å²) in [6.45, 7) is 1.84. The first kappa shape index (κ1) is 16.3. The Balaban J connectivity index is 1.59. The molecule has 0 spiro atoms. The first-order valence-corrected chi connectivity index (χ1v) is 8.26. The highest BCUT2D eigenvalue weighted by Gasteiger charge is 2.31. The maximum absolute atomic E-state index is 12.9. The molecule has 2 aromatic rings.